The molecule has 0 amide bonds. The number of halogens is 1. The van der Waals surface area contributed by atoms with Crippen LogP contribution in [0.2, 0.25) is 5.02 Å². The van der Waals surface area contributed by atoms with Crippen LogP contribution in [0, 0.1) is 0 Å². The minimum atomic E-state index is -0.0291. The Balaban J connectivity index is 2.24. The maximum atomic E-state index is 9.24. The fourth-order valence-electron chi connectivity index (χ4n) is 2.11. The van der Waals surface area contributed by atoms with E-state index >= 15 is 0 Å². The highest BCUT2D eigenvalue weighted by atomic mass is 35.5. The summed E-state index contributed by atoms with van der Waals surface area (Å²) >= 11 is 6.27. The zero-order chi connectivity index (χ0) is 14.4. The van der Waals surface area contributed by atoms with Crippen molar-refractivity contribution in [1.82, 2.24) is 0 Å². The van der Waals surface area contributed by atoms with E-state index in [0.29, 0.717) is 18.1 Å². The van der Waals surface area contributed by atoms with Gasteiger partial charge in [0.25, 0.3) is 0 Å². The number of anilines is 1. The SMILES string of the molecule is OCCN(Cc1ccccc1)c1ccc(CO)cc1Cl. The maximum absolute atomic E-state index is 9.24. The number of hydrogen-bond acceptors (Lipinski definition) is 3. The van der Waals surface area contributed by atoms with Crippen LogP contribution < -0.4 is 4.90 Å². The molecule has 0 bridgehead atoms. The number of rotatable bonds is 6. The summed E-state index contributed by atoms with van der Waals surface area (Å²) in [7, 11) is 0. The molecule has 2 N–H and O–H groups in total. The number of benzene rings is 2. The van der Waals surface area contributed by atoms with Crippen molar-refractivity contribution in [2.75, 3.05) is 18.1 Å². The topological polar surface area (TPSA) is 43.7 Å². The van der Waals surface area contributed by atoms with Crippen molar-refractivity contribution in [1.29, 1.82) is 0 Å². The Labute approximate surface area is 124 Å². The van der Waals surface area contributed by atoms with Crippen LogP contribution in [-0.4, -0.2) is 23.4 Å². The molecule has 2 aromatic rings. The number of hydrogen-bond donors (Lipinski definition) is 2. The molecule has 0 unspecified atom stereocenters. The van der Waals surface area contributed by atoms with Gasteiger partial charge in [0.15, 0.2) is 0 Å². The fraction of sp³-hybridized carbons (Fsp3) is 0.250. The predicted octanol–water partition coefficient (Wildman–Crippen LogP) is 2.83. The molecule has 106 valence electrons. The first-order valence-corrected chi connectivity index (χ1v) is 6.91. The lowest BCUT2D eigenvalue weighted by Gasteiger charge is -2.25. The van der Waals surface area contributed by atoms with Gasteiger partial charge in [-0.25, -0.2) is 0 Å². The van der Waals surface area contributed by atoms with Crippen molar-refractivity contribution in [3.8, 4) is 0 Å². The zero-order valence-corrected chi connectivity index (χ0v) is 11.9. The van der Waals surface area contributed by atoms with E-state index in [0.717, 1.165) is 16.8 Å². The Morgan fingerprint density at radius 1 is 0.950 bits per heavy atom. The van der Waals surface area contributed by atoms with E-state index in [4.69, 9.17) is 16.7 Å². The van der Waals surface area contributed by atoms with Gasteiger partial charge in [-0.2, -0.15) is 0 Å². The van der Waals surface area contributed by atoms with Crippen LogP contribution in [0.1, 0.15) is 11.1 Å². The Hall–Kier alpha value is -1.55. The molecule has 2 aromatic carbocycles. The number of nitrogens with zero attached hydrogens (tertiary/aromatic N) is 1. The average Bonchev–Trinajstić information content (AvgIpc) is 2.48. The van der Waals surface area contributed by atoms with Crippen molar-refractivity contribution < 1.29 is 10.2 Å². The maximum Gasteiger partial charge on any atom is 0.0682 e. The summed E-state index contributed by atoms with van der Waals surface area (Å²) in [6, 6.07) is 15.5. The van der Waals surface area contributed by atoms with Gasteiger partial charge in [-0.15, -0.1) is 0 Å². The highest BCUT2D eigenvalue weighted by Gasteiger charge is 2.11. The Bertz CT molecular complexity index is 545. The van der Waals surface area contributed by atoms with E-state index in [1.54, 1.807) is 6.07 Å². The zero-order valence-electron chi connectivity index (χ0n) is 11.2. The van der Waals surface area contributed by atoms with E-state index in [1.807, 2.05) is 47.4 Å². The molecule has 0 aliphatic heterocycles. The van der Waals surface area contributed by atoms with E-state index in [1.165, 1.54) is 0 Å². The number of aliphatic hydroxyl groups is 2. The summed E-state index contributed by atoms with van der Waals surface area (Å²) in [5, 5.41) is 18.9. The summed E-state index contributed by atoms with van der Waals surface area (Å²) in [6.07, 6.45) is 0. The third-order valence-corrected chi connectivity index (χ3v) is 3.42. The molecular weight excluding hydrogens is 274 g/mol. The van der Waals surface area contributed by atoms with Gasteiger partial charge in [0.1, 0.15) is 0 Å². The molecule has 0 saturated carbocycles. The van der Waals surface area contributed by atoms with Gasteiger partial charge in [-0.3, -0.25) is 0 Å². The summed E-state index contributed by atoms with van der Waals surface area (Å²) < 4.78 is 0. The normalized spacial score (nSPS) is 10.6. The summed E-state index contributed by atoms with van der Waals surface area (Å²) in [5.41, 5.74) is 2.80. The van der Waals surface area contributed by atoms with Crippen LogP contribution in [0.5, 0.6) is 0 Å². The minimum absolute atomic E-state index is 0.0291. The van der Waals surface area contributed by atoms with Gasteiger partial charge >= 0.3 is 0 Å². The van der Waals surface area contributed by atoms with E-state index < -0.39 is 0 Å². The third-order valence-electron chi connectivity index (χ3n) is 3.12. The Kier molecular flexibility index (Phi) is 5.41. The van der Waals surface area contributed by atoms with Gasteiger partial charge in [0.2, 0.25) is 0 Å². The second kappa shape index (κ2) is 7.29. The molecule has 20 heavy (non-hydrogen) atoms. The first kappa shape index (κ1) is 14.9. The van der Waals surface area contributed by atoms with Crippen molar-refractivity contribution in [2.24, 2.45) is 0 Å². The van der Waals surface area contributed by atoms with Crippen LogP contribution >= 0.6 is 11.6 Å². The highest BCUT2D eigenvalue weighted by Crippen LogP contribution is 2.28. The molecular formula is C16H18ClNO2. The molecule has 0 aliphatic rings. The van der Waals surface area contributed by atoms with Gasteiger partial charge in [-0.05, 0) is 23.3 Å². The molecule has 3 nitrogen and oxygen atoms in total. The average molecular weight is 292 g/mol. The Morgan fingerprint density at radius 2 is 1.70 bits per heavy atom. The number of aliphatic hydroxyl groups excluding tert-OH is 2. The smallest absolute Gasteiger partial charge is 0.0682 e. The van der Waals surface area contributed by atoms with E-state index in [-0.39, 0.29) is 13.2 Å². The molecule has 0 saturated heterocycles. The quantitative estimate of drug-likeness (QED) is 0.860. The van der Waals surface area contributed by atoms with Crippen LogP contribution in [0.3, 0.4) is 0 Å². The molecule has 0 aromatic heterocycles. The third kappa shape index (κ3) is 3.73. The van der Waals surface area contributed by atoms with Gasteiger partial charge in [-0.1, -0.05) is 48.0 Å². The van der Waals surface area contributed by atoms with Gasteiger partial charge in [0.05, 0.1) is 23.9 Å². The molecule has 0 heterocycles. The monoisotopic (exact) mass is 291 g/mol. The lowest BCUT2D eigenvalue weighted by atomic mass is 10.1. The largest absolute Gasteiger partial charge is 0.395 e. The van der Waals surface area contributed by atoms with E-state index in [9.17, 15) is 5.11 Å². The fourth-order valence-corrected chi connectivity index (χ4v) is 2.44. The van der Waals surface area contributed by atoms with Crippen molar-refractivity contribution in [2.45, 2.75) is 13.2 Å². The van der Waals surface area contributed by atoms with Gasteiger partial charge in [0, 0.05) is 13.1 Å². The van der Waals surface area contributed by atoms with Crippen LogP contribution in [0.25, 0.3) is 0 Å². The molecule has 0 atom stereocenters. The molecule has 0 aliphatic carbocycles. The van der Waals surface area contributed by atoms with Crippen molar-refractivity contribution >= 4 is 17.3 Å². The summed E-state index contributed by atoms with van der Waals surface area (Å²) in [5.74, 6) is 0. The van der Waals surface area contributed by atoms with Gasteiger partial charge < -0.3 is 15.1 Å². The minimum Gasteiger partial charge on any atom is -0.395 e. The van der Waals surface area contributed by atoms with Crippen LogP contribution in [0.15, 0.2) is 48.5 Å². The second-order valence-corrected chi connectivity index (χ2v) is 4.98. The van der Waals surface area contributed by atoms with E-state index in [2.05, 4.69) is 0 Å². The standard InChI is InChI=1S/C16H18ClNO2/c17-15-10-14(12-20)6-7-16(15)18(8-9-19)11-13-4-2-1-3-5-13/h1-7,10,19-20H,8-9,11-12H2. The molecule has 0 spiro atoms. The predicted molar refractivity (Wildman–Crippen MR) is 82.0 cm³/mol. The molecule has 0 radical (unpaired) electrons. The lowest BCUT2D eigenvalue weighted by molar-refractivity contribution is 0.282. The molecule has 4 heteroatoms. The van der Waals surface area contributed by atoms with Crippen molar-refractivity contribution in [3.63, 3.8) is 0 Å². The summed E-state index contributed by atoms with van der Waals surface area (Å²) in [6.45, 7) is 1.22. The molecule has 2 rings (SSSR count). The second-order valence-electron chi connectivity index (χ2n) is 4.57. The van der Waals surface area contributed by atoms with Crippen LogP contribution in [0.4, 0.5) is 5.69 Å². The Morgan fingerprint density at radius 3 is 2.30 bits per heavy atom. The van der Waals surface area contributed by atoms with Crippen LogP contribution in [-0.2, 0) is 13.2 Å². The lowest BCUT2D eigenvalue weighted by Crippen LogP contribution is -2.26. The first-order chi connectivity index (χ1) is 9.74. The summed E-state index contributed by atoms with van der Waals surface area (Å²) in [4.78, 5) is 2.03. The highest BCUT2D eigenvalue weighted by molar-refractivity contribution is 6.33. The van der Waals surface area contributed by atoms with Crippen molar-refractivity contribution in [3.05, 3.63) is 64.7 Å². The molecule has 0 fully saturated rings. The first-order valence-electron chi connectivity index (χ1n) is 6.53.